The summed E-state index contributed by atoms with van der Waals surface area (Å²) in [6, 6.07) is 1.80. The molecule has 0 saturated heterocycles. The van der Waals surface area contributed by atoms with Crippen LogP contribution in [0.15, 0.2) is 12.3 Å². The van der Waals surface area contributed by atoms with Gasteiger partial charge in [0.05, 0.1) is 6.54 Å². The third kappa shape index (κ3) is 3.07. The van der Waals surface area contributed by atoms with Crippen LogP contribution in [0.4, 0.5) is 4.79 Å². The molecule has 0 spiro atoms. The topological polar surface area (TPSA) is 79.7 Å². The van der Waals surface area contributed by atoms with Crippen LogP contribution in [0, 0.1) is 0 Å². The lowest BCUT2D eigenvalue weighted by Crippen LogP contribution is -2.40. The van der Waals surface area contributed by atoms with E-state index in [-0.39, 0.29) is 12.2 Å². The van der Waals surface area contributed by atoms with Crippen LogP contribution in [0.3, 0.4) is 0 Å². The SMILES string of the molecule is CC(C)(C)OC(=O)N1CCc2ccnc(C(=O)O)c2C1. The molecule has 2 rings (SSSR count). The van der Waals surface area contributed by atoms with Crippen LogP contribution in [0.5, 0.6) is 0 Å². The van der Waals surface area contributed by atoms with Crippen molar-refractivity contribution in [2.45, 2.75) is 39.3 Å². The number of aromatic carboxylic acids is 1. The quantitative estimate of drug-likeness (QED) is 0.850. The molecule has 0 unspecified atom stereocenters. The average Bonchev–Trinajstić information content (AvgIpc) is 2.35. The van der Waals surface area contributed by atoms with Gasteiger partial charge in [-0.2, -0.15) is 0 Å². The summed E-state index contributed by atoms with van der Waals surface area (Å²) in [6.07, 6.45) is 1.67. The minimum absolute atomic E-state index is 0.00996. The van der Waals surface area contributed by atoms with Gasteiger partial charge in [-0.3, -0.25) is 0 Å². The number of fused-ring (bicyclic) bond motifs is 1. The van der Waals surface area contributed by atoms with Crippen LogP contribution in [-0.2, 0) is 17.7 Å². The smallest absolute Gasteiger partial charge is 0.410 e. The van der Waals surface area contributed by atoms with Crippen molar-refractivity contribution in [3.8, 4) is 0 Å². The highest BCUT2D eigenvalue weighted by Crippen LogP contribution is 2.23. The lowest BCUT2D eigenvalue weighted by Gasteiger charge is -2.31. The van der Waals surface area contributed by atoms with Crippen molar-refractivity contribution in [1.82, 2.24) is 9.88 Å². The Morgan fingerprint density at radius 3 is 2.70 bits per heavy atom. The van der Waals surface area contributed by atoms with E-state index < -0.39 is 17.7 Å². The molecule has 0 radical (unpaired) electrons. The van der Waals surface area contributed by atoms with Crippen LogP contribution in [0.25, 0.3) is 0 Å². The van der Waals surface area contributed by atoms with Gasteiger partial charge in [-0.05, 0) is 38.8 Å². The Balaban J connectivity index is 2.22. The normalized spacial score (nSPS) is 14.7. The van der Waals surface area contributed by atoms with E-state index in [2.05, 4.69) is 4.98 Å². The molecule has 6 nitrogen and oxygen atoms in total. The molecule has 1 aliphatic rings. The third-order valence-electron chi connectivity index (χ3n) is 3.01. The zero-order chi connectivity index (χ0) is 14.9. The Kier molecular flexibility index (Phi) is 3.65. The molecule has 1 amide bonds. The van der Waals surface area contributed by atoms with Crippen molar-refractivity contribution < 1.29 is 19.4 Å². The van der Waals surface area contributed by atoms with Gasteiger partial charge < -0.3 is 14.7 Å². The number of carboxylic acids is 1. The molecule has 0 aromatic carbocycles. The van der Waals surface area contributed by atoms with Gasteiger partial charge in [0.15, 0.2) is 5.69 Å². The second-order valence-corrected chi connectivity index (χ2v) is 5.75. The van der Waals surface area contributed by atoms with Crippen LogP contribution in [0.1, 0.15) is 42.4 Å². The molecular formula is C14H18N2O4. The van der Waals surface area contributed by atoms with Crippen LogP contribution in [0.2, 0.25) is 0 Å². The molecule has 1 N–H and O–H groups in total. The van der Waals surface area contributed by atoms with Crippen LogP contribution < -0.4 is 0 Å². The van der Waals surface area contributed by atoms with Gasteiger partial charge in [-0.25, -0.2) is 14.6 Å². The minimum Gasteiger partial charge on any atom is -0.477 e. The molecule has 0 atom stereocenters. The van der Waals surface area contributed by atoms with E-state index in [4.69, 9.17) is 9.84 Å². The molecule has 0 saturated carbocycles. The first-order valence-electron chi connectivity index (χ1n) is 6.46. The summed E-state index contributed by atoms with van der Waals surface area (Å²) in [6.45, 7) is 6.14. The van der Waals surface area contributed by atoms with Gasteiger partial charge in [0, 0.05) is 18.3 Å². The fraction of sp³-hybridized carbons (Fsp3) is 0.500. The predicted molar refractivity (Wildman–Crippen MR) is 71.5 cm³/mol. The van der Waals surface area contributed by atoms with Crippen molar-refractivity contribution >= 4 is 12.1 Å². The first-order valence-corrected chi connectivity index (χ1v) is 6.46. The number of carbonyl (C=O) groups excluding carboxylic acids is 1. The summed E-state index contributed by atoms with van der Waals surface area (Å²) in [7, 11) is 0. The molecule has 1 aromatic rings. The van der Waals surface area contributed by atoms with Gasteiger partial charge in [-0.15, -0.1) is 0 Å². The third-order valence-corrected chi connectivity index (χ3v) is 3.01. The second kappa shape index (κ2) is 5.11. The average molecular weight is 278 g/mol. The molecular weight excluding hydrogens is 260 g/mol. The summed E-state index contributed by atoms with van der Waals surface area (Å²) in [5.74, 6) is -1.08. The second-order valence-electron chi connectivity index (χ2n) is 5.75. The van der Waals surface area contributed by atoms with E-state index in [1.54, 1.807) is 26.8 Å². The molecule has 20 heavy (non-hydrogen) atoms. The summed E-state index contributed by atoms with van der Waals surface area (Å²) in [4.78, 5) is 28.6. The monoisotopic (exact) mass is 278 g/mol. The number of aromatic nitrogens is 1. The number of rotatable bonds is 1. The maximum absolute atomic E-state index is 12.0. The molecule has 2 heterocycles. The van der Waals surface area contributed by atoms with Crippen molar-refractivity contribution in [2.75, 3.05) is 6.54 Å². The summed E-state index contributed by atoms with van der Waals surface area (Å²) in [5.41, 5.74) is 0.965. The Hall–Kier alpha value is -2.11. The van der Waals surface area contributed by atoms with Crippen molar-refractivity contribution in [3.05, 3.63) is 29.1 Å². The highest BCUT2D eigenvalue weighted by Gasteiger charge is 2.28. The highest BCUT2D eigenvalue weighted by atomic mass is 16.6. The highest BCUT2D eigenvalue weighted by molar-refractivity contribution is 5.87. The molecule has 0 aliphatic carbocycles. The number of ether oxygens (including phenoxy) is 1. The van der Waals surface area contributed by atoms with Crippen molar-refractivity contribution in [3.63, 3.8) is 0 Å². The van der Waals surface area contributed by atoms with E-state index in [0.717, 1.165) is 5.56 Å². The molecule has 1 aromatic heterocycles. The number of carbonyl (C=O) groups is 2. The van der Waals surface area contributed by atoms with E-state index in [1.165, 1.54) is 11.1 Å². The predicted octanol–water partition coefficient (Wildman–Crippen LogP) is 2.07. The van der Waals surface area contributed by atoms with Crippen molar-refractivity contribution in [2.24, 2.45) is 0 Å². The number of hydrogen-bond acceptors (Lipinski definition) is 4. The Labute approximate surface area is 117 Å². The van der Waals surface area contributed by atoms with Gasteiger partial charge >= 0.3 is 12.1 Å². The van der Waals surface area contributed by atoms with Gasteiger partial charge in [0.25, 0.3) is 0 Å². The number of carboxylic acid groups (broad SMARTS) is 1. The molecule has 6 heteroatoms. The van der Waals surface area contributed by atoms with E-state index in [0.29, 0.717) is 18.5 Å². The maximum Gasteiger partial charge on any atom is 0.410 e. The number of amides is 1. The number of nitrogens with zero attached hydrogens (tertiary/aromatic N) is 2. The Morgan fingerprint density at radius 2 is 2.10 bits per heavy atom. The van der Waals surface area contributed by atoms with Crippen LogP contribution in [-0.4, -0.2) is 39.2 Å². The zero-order valence-corrected chi connectivity index (χ0v) is 11.8. The molecule has 108 valence electrons. The van der Waals surface area contributed by atoms with Crippen LogP contribution >= 0.6 is 0 Å². The Bertz CT molecular complexity index is 549. The molecule has 0 fully saturated rings. The standard InChI is InChI=1S/C14H18N2O4/c1-14(2,3)20-13(19)16-7-5-9-4-6-15-11(12(17)18)10(9)8-16/h4,6H,5,7-8H2,1-3H3,(H,17,18). The summed E-state index contributed by atoms with van der Waals surface area (Å²) >= 11 is 0. The lowest BCUT2D eigenvalue weighted by molar-refractivity contribution is 0.0221. The van der Waals surface area contributed by atoms with Crippen molar-refractivity contribution in [1.29, 1.82) is 0 Å². The number of pyridine rings is 1. The molecule has 1 aliphatic heterocycles. The molecule has 0 bridgehead atoms. The van der Waals surface area contributed by atoms with Gasteiger partial charge in [-0.1, -0.05) is 0 Å². The summed E-state index contributed by atoms with van der Waals surface area (Å²) in [5, 5.41) is 9.15. The van der Waals surface area contributed by atoms with E-state index in [9.17, 15) is 9.59 Å². The zero-order valence-electron chi connectivity index (χ0n) is 11.8. The fourth-order valence-electron chi connectivity index (χ4n) is 2.13. The van der Waals surface area contributed by atoms with E-state index >= 15 is 0 Å². The summed E-state index contributed by atoms with van der Waals surface area (Å²) < 4.78 is 5.31. The fourth-order valence-corrected chi connectivity index (χ4v) is 2.13. The Morgan fingerprint density at radius 1 is 1.40 bits per heavy atom. The lowest BCUT2D eigenvalue weighted by atomic mass is 9.99. The number of hydrogen-bond donors (Lipinski definition) is 1. The largest absolute Gasteiger partial charge is 0.477 e. The first kappa shape index (κ1) is 14.3. The minimum atomic E-state index is -1.08. The maximum atomic E-state index is 12.0. The van der Waals surface area contributed by atoms with Gasteiger partial charge in [0.1, 0.15) is 5.60 Å². The first-order chi connectivity index (χ1) is 9.28. The van der Waals surface area contributed by atoms with E-state index in [1.807, 2.05) is 0 Å². The van der Waals surface area contributed by atoms with Gasteiger partial charge in [0.2, 0.25) is 0 Å².